The number of nitrogens with zero attached hydrogens (tertiary/aromatic N) is 2. The molecule has 0 radical (unpaired) electrons. The van der Waals surface area contributed by atoms with E-state index in [1.54, 1.807) is 18.5 Å². The second-order valence-electron chi connectivity index (χ2n) is 2.32. The average molecular weight is 154 g/mol. The lowest BCUT2D eigenvalue weighted by atomic mass is 10.4. The highest BCUT2D eigenvalue weighted by Gasteiger charge is 2.12. The Kier molecular flexibility index (Phi) is 1.56. The van der Waals surface area contributed by atoms with Crippen LogP contribution in [0.3, 0.4) is 0 Å². The molecular weight excluding hydrogens is 144 g/mol. The highest BCUT2D eigenvalue weighted by atomic mass is 16.1. The average Bonchev–Trinajstić information content (AvgIpc) is 2.17. The Labute approximate surface area is 64.0 Å². The summed E-state index contributed by atoms with van der Waals surface area (Å²) in [6, 6.07) is 0. The molecule has 5 nitrogen and oxygen atoms in total. The quantitative estimate of drug-likeness (QED) is 0.566. The number of hydrogen-bond donors (Lipinski definition) is 2. The summed E-state index contributed by atoms with van der Waals surface area (Å²) >= 11 is 0. The molecule has 0 spiro atoms. The Morgan fingerprint density at radius 1 is 1.64 bits per heavy atom. The van der Waals surface area contributed by atoms with E-state index in [-0.39, 0.29) is 5.69 Å². The normalized spacial score (nSPS) is 10.0. The fraction of sp³-hybridized carbons (Fsp3) is 0.333. The van der Waals surface area contributed by atoms with E-state index in [1.807, 2.05) is 0 Å². The van der Waals surface area contributed by atoms with Gasteiger partial charge in [0.1, 0.15) is 11.6 Å². The van der Waals surface area contributed by atoms with Crippen LogP contribution in [0.5, 0.6) is 0 Å². The van der Waals surface area contributed by atoms with Crippen molar-refractivity contribution in [2.45, 2.75) is 6.92 Å². The number of aromatic nitrogens is 2. The van der Waals surface area contributed by atoms with Gasteiger partial charge in [0.25, 0.3) is 5.91 Å². The lowest BCUT2D eigenvalue weighted by molar-refractivity contribution is 0.0997. The standard InChI is InChI=1S/C6H10N4O/c1-3-9-4(6(8)11)5(7)10(3)2/h7H2,1-2H3,(H2,8,11). The molecule has 1 heterocycles. The third kappa shape index (κ3) is 1.04. The van der Waals surface area contributed by atoms with Crippen LogP contribution < -0.4 is 11.5 Å². The number of carbonyl (C=O) groups excluding carboxylic acids is 1. The molecule has 60 valence electrons. The number of amides is 1. The van der Waals surface area contributed by atoms with E-state index >= 15 is 0 Å². The predicted molar refractivity (Wildman–Crippen MR) is 40.9 cm³/mol. The molecule has 0 aliphatic rings. The first-order valence-electron chi connectivity index (χ1n) is 3.12. The zero-order valence-electron chi connectivity index (χ0n) is 6.46. The van der Waals surface area contributed by atoms with E-state index in [1.165, 1.54) is 0 Å². The molecule has 4 N–H and O–H groups in total. The Balaban J connectivity index is 3.29. The van der Waals surface area contributed by atoms with Crippen LogP contribution in [0.25, 0.3) is 0 Å². The minimum atomic E-state index is -0.591. The Morgan fingerprint density at radius 2 is 2.18 bits per heavy atom. The number of nitrogen functional groups attached to an aromatic ring is 1. The third-order valence-corrected chi connectivity index (χ3v) is 1.60. The first kappa shape index (κ1) is 7.59. The van der Waals surface area contributed by atoms with Gasteiger partial charge in [0.2, 0.25) is 0 Å². The van der Waals surface area contributed by atoms with E-state index in [2.05, 4.69) is 4.98 Å². The number of hydrogen-bond acceptors (Lipinski definition) is 3. The smallest absolute Gasteiger partial charge is 0.271 e. The molecule has 0 bridgehead atoms. The summed E-state index contributed by atoms with van der Waals surface area (Å²) in [6.07, 6.45) is 0. The van der Waals surface area contributed by atoms with Gasteiger partial charge in [0.05, 0.1) is 0 Å². The molecule has 0 aliphatic carbocycles. The summed E-state index contributed by atoms with van der Waals surface area (Å²) in [4.78, 5) is 14.5. The van der Waals surface area contributed by atoms with E-state index in [4.69, 9.17) is 11.5 Å². The molecule has 0 unspecified atom stereocenters. The molecule has 11 heavy (non-hydrogen) atoms. The monoisotopic (exact) mass is 154 g/mol. The van der Waals surface area contributed by atoms with Crippen LogP contribution in [0.4, 0.5) is 5.82 Å². The number of aryl methyl sites for hydroxylation is 1. The molecule has 1 rings (SSSR count). The molecule has 0 aliphatic heterocycles. The largest absolute Gasteiger partial charge is 0.383 e. The van der Waals surface area contributed by atoms with E-state index in [0.717, 1.165) is 0 Å². The maximum Gasteiger partial charge on any atom is 0.271 e. The molecule has 0 fully saturated rings. The molecule has 0 atom stereocenters. The number of rotatable bonds is 1. The SMILES string of the molecule is Cc1nc(C(N)=O)c(N)n1C. The number of primary amides is 1. The molecule has 1 aromatic rings. The summed E-state index contributed by atoms with van der Waals surface area (Å²) < 4.78 is 1.61. The lowest BCUT2D eigenvalue weighted by Gasteiger charge is -1.95. The molecular formula is C6H10N4O. The Hall–Kier alpha value is -1.52. The van der Waals surface area contributed by atoms with Gasteiger partial charge in [-0.05, 0) is 6.92 Å². The molecule has 5 heteroatoms. The highest BCUT2D eigenvalue weighted by Crippen LogP contribution is 2.10. The summed E-state index contributed by atoms with van der Waals surface area (Å²) in [5.41, 5.74) is 10.6. The Bertz CT molecular complexity index is 302. The van der Waals surface area contributed by atoms with Gasteiger partial charge in [0, 0.05) is 7.05 Å². The molecule has 0 aromatic carbocycles. The lowest BCUT2D eigenvalue weighted by Crippen LogP contribution is -2.14. The molecule has 0 saturated heterocycles. The van der Waals surface area contributed by atoms with Gasteiger partial charge in [-0.1, -0.05) is 0 Å². The minimum Gasteiger partial charge on any atom is -0.383 e. The van der Waals surface area contributed by atoms with Crippen molar-refractivity contribution in [3.8, 4) is 0 Å². The fourth-order valence-corrected chi connectivity index (χ4v) is 0.809. The summed E-state index contributed by atoms with van der Waals surface area (Å²) in [6.45, 7) is 1.75. The van der Waals surface area contributed by atoms with Crippen molar-refractivity contribution in [1.82, 2.24) is 9.55 Å². The number of anilines is 1. The molecule has 1 amide bonds. The van der Waals surface area contributed by atoms with Crippen LogP contribution in [0.1, 0.15) is 16.3 Å². The van der Waals surface area contributed by atoms with E-state index in [0.29, 0.717) is 11.6 Å². The third-order valence-electron chi connectivity index (χ3n) is 1.60. The fourth-order valence-electron chi connectivity index (χ4n) is 0.809. The van der Waals surface area contributed by atoms with Gasteiger partial charge >= 0.3 is 0 Å². The maximum atomic E-state index is 10.7. The van der Waals surface area contributed by atoms with Gasteiger partial charge in [-0.25, -0.2) is 4.98 Å². The van der Waals surface area contributed by atoms with Gasteiger partial charge in [-0.15, -0.1) is 0 Å². The van der Waals surface area contributed by atoms with Crippen LogP contribution in [-0.2, 0) is 7.05 Å². The second-order valence-corrected chi connectivity index (χ2v) is 2.32. The van der Waals surface area contributed by atoms with Crippen molar-refractivity contribution in [3.05, 3.63) is 11.5 Å². The van der Waals surface area contributed by atoms with Crippen molar-refractivity contribution >= 4 is 11.7 Å². The van der Waals surface area contributed by atoms with Gasteiger partial charge in [-0.2, -0.15) is 0 Å². The van der Waals surface area contributed by atoms with Crippen molar-refractivity contribution in [3.63, 3.8) is 0 Å². The van der Waals surface area contributed by atoms with Crippen LogP contribution >= 0.6 is 0 Å². The highest BCUT2D eigenvalue weighted by molar-refractivity contribution is 5.95. The number of imidazole rings is 1. The predicted octanol–water partition coefficient (Wildman–Crippen LogP) is -0.590. The summed E-state index contributed by atoms with van der Waals surface area (Å²) in [5, 5.41) is 0. The first-order chi connectivity index (χ1) is 5.04. The zero-order valence-corrected chi connectivity index (χ0v) is 6.46. The zero-order chi connectivity index (χ0) is 8.59. The van der Waals surface area contributed by atoms with Crippen LogP contribution in [0.15, 0.2) is 0 Å². The summed E-state index contributed by atoms with van der Waals surface area (Å²) in [7, 11) is 1.73. The van der Waals surface area contributed by atoms with Crippen molar-refractivity contribution in [2.24, 2.45) is 12.8 Å². The topological polar surface area (TPSA) is 86.9 Å². The van der Waals surface area contributed by atoms with Crippen LogP contribution in [0, 0.1) is 6.92 Å². The van der Waals surface area contributed by atoms with Crippen LogP contribution in [0.2, 0.25) is 0 Å². The second kappa shape index (κ2) is 2.26. The minimum absolute atomic E-state index is 0.144. The molecule has 1 aromatic heterocycles. The van der Waals surface area contributed by atoms with Crippen molar-refractivity contribution in [2.75, 3.05) is 5.73 Å². The first-order valence-corrected chi connectivity index (χ1v) is 3.12. The number of nitrogens with two attached hydrogens (primary N) is 2. The van der Waals surface area contributed by atoms with Gasteiger partial charge in [0.15, 0.2) is 5.69 Å². The van der Waals surface area contributed by atoms with Gasteiger partial charge in [-0.3, -0.25) is 4.79 Å². The van der Waals surface area contributed by atoms with E-state index < -0.39 is 5.91 Å². The van der Waals surface area contributed by atoms with Crippen LogP contribution in [-0.4, -0.2) is 15.5 Å². The molecule has 0 saturated carbocycles. The maximum absolute atomic E-state index is 10.7. The van der Waals surface area contributed by atoms with Gasteiger partial charge < -0.3 is 16.0 Å². The summed E-state index contributed by atoms with van der Waals surface area (Å²) in [5.74, 6) is 0.400. The number of carbonyl (C=O) groups is 1. The van der Waals surface area contributed by atoms with Crippen molar-refractivity contribution < 1.29 is 4.79 Å². The van der Waals surface area contributed by atoms with E-state index in [9.17, 15) is 4.79 Å². The van der Waals surface area contributed by atoms with Crippen molar-refractivity contribution in [1.29, 1.82) is 0 Å². The Morgan fingerprint density at radius 3 is 2.36 bits per heavy atom.